The van der Waals surface area contributed by atoms with Crippen LogP contribution in [0.4, 0.5) is 4.79 Å². The van der Waals surface area contributed by atoms with Crippen molar-refractivity contribution in [3.05, 3.63) is 65.6 Å². The van der Waals surface area contributed by atoms with Crippen molar-refractivity contribution in [3.63, 3.8) is 0 Å². The van der Waals surface area contributed by atoms with Crippen molar-refractivity contribution in [2.24, 2.45) is 0 Å². The van der Waals surface area contributed by atoms with Gasteiger partial charge < -0.3 is 10.1 Å². The summed E-state index contributed by atoms with van der Waals surface area (Å²) in [6, 6.07) is 13.1. The first-order valence-corrected chi connectivity index (χ1v) is 8.63. The Morgan fingerprint density at radius 2 is 2.16 bits per heavy atom. The lowest BCUT2D eigenvalue weighted by atomic mass is 10.3. The van der Waals surface area contributed by atoms with Gasteiger partial charge in [-0.25, -0.2) is 9.48 Å². The summed E-state index contributed by atoms with van der Waals surface area (Å²) in [7, 11) is 1.51. The van der Waals surface area contributed by atoms with Gasteiger partial charge in [0.15, 0.2) is 0 Å². The van der Waals surface area contributed by atoms with E-state index in [1.807, 2.05) is 36.4 Å². The number of pyridine rings is 1. The monoisotopic (exact) mass is 374 g/mol. The highest BCUT2D eigenvalue weighted by molar-refractivity contribution is 7.99. The van der Waals surface area contributed by atoms with Crippen molar-refractivity contribution in [3.8, 4) is 5.69 Å². The Balaban J connectivity index is 1.94. The third kappa shape index (κ3) is 4.32. The third-order valence-corrected chi connectivity index (χ3v) is 4.52. The Bertz CT molecular complexity index is 870. The van der Waals surface area contributed by atoms with Gasteiger partial charge in [0, 0.05) is 24.3 Å². The maximum Gasteiger partial charge on any atom is 0.407 e. The highest BCUT2D eigenvalue weighted by Crippen LogP contribution is 2.31. The lowest BCUT2D eigenvalue weighted by Crippen LogP contribution is -2.19. The number of para-hydroxylation sites is 1. The number of amides is 1. The van der Waals surface area contributed by atoms with E-state index in [4.69, 9.17) is 16.3 Å². The van der Waals surface area contributed by atoms with Gasteiger partial charge in [0.05, 0.1) is 10.7 Å². The van der Waals surface area contributed by atoms with E-state index < -0.39 is 6.09 Å². The van der Waals surface area contributed by atoms with Gasteiger partial charge in [0.1, 0.15) is 17.3 Å². The number of carbonyl (C=O) groups excluding carboxylic acids is 1. The van der Waals surface area contributed by atoms with E-state index in [1.165, 1.54) is 18.8 Å². The number of carbonyl (C=O) groups is 1. The number of aromatic nitrogens is 3. The fraction of sp³-hybridized carbons (Fsp3) is 0.118. The molecule has 0 fully saturated rings. The van der Waals surface area contributed by atoms with Gasteiger partial charge in [0.2, 0.25) is 0 Å². The molecule has 0 aliphatic heterocycles. The fourth-order valence-electron chi connectivity index (χ4n) is 2.09. The molecule has 0 saturated carbocycles. The number of nitrogens with one attached hydrogen (secondary N) is 1. The molecule has 3 rings (SSSR count). The molecule has 3 aromatic rings. The SMILES string of the molecule is CNC(=O)OCc1cc(Sc2cccnc2)n(-c2ccccc2Cl)n1. The second-order valence-corrected chi connectivity index (χ2v) is 6.46. The molecule has 1 amide bonds. The van der Waals surface area contributed by atoms with E-state index in [0.29, 0.717) is 10.7 Å². The lowest BCUT2D eigenvalue weighted by Gasteiger charge is -2.08. The highest BCUT2D eigenvalue weighted by Gasteiger charge is 2.14. The Labute approximate surface area is 154 Å². The number of halogens is 1. The molecule has 25 heavy (non-hydrogen) atoms. The Hall–Kier alpha value is -2.51. The number of nitrogens with zero attached hydrogens (tertiary/aromatic N) is 3. The van der Waals surface area contributed by atoms with Crippen LogP contribution in [0.5, 0.6) is 0 Å². The van der Waals surface area contributed by atoms with E-state index in [9.17, 15) is 4.79 Å². The molecule has 2 aromatic heterocycles. The summed E-state index contributed by atoms with van der Waals surface area (Å²) in [5.41, 5.74) is 1.37. The average Bonchev–Trinajstić information content (AvgIpc) is 3.03. The number of benzene rings is 1. The quantitative estimate of drug-likeness (QED) is 0.732. The normalized spacial score (nSPS) is 10.5. The molecule has 0 unspecified atom stereocenters. The molecule has 6 nitrogen and oxygen atoms in total. The van der Waals surface area contributed by atoms with Crippen LogP contribution >= 0.6 is 23.4 Å². The van der Waals surface area contributed by atoms with Gasteiger partial charge in [0.25, 0.3) is 0 Å². The predicted molar refractivity (Wildman–Crippen MR) is 96.2 cm³/mol. The molecule has 0 aliphatic rings. The van der Waals surface area contributed by atoms with Crippen LogP contribution in [0.25, 0.3) is 5.69 Å². The van der Waals surface area contributed by atoms with Gasteiger partial charge in [-0.15, -0.1) is 0 Å². The van der Waals surface area contributed by atoms with Crippen LogP contribution in [0.15, 0.2) is 64.8 Å². The molecule has 0 radical (unpaired) electrons. The molecule has 0 atom stereocenters. The summed E-state index contributed by atoms with van der Waals surface area (Å²) in [6.45, 7) is 0.0672. The molecule has 2 heterocycles. The summed E-state index contributed by atoms with van der Waals surface area (Å²) >= 11 is 7.82. The van der Waals surface area contributed by atoms with Gasteiger partial charge in [-0.1, -0.05) is 35.5 Å². The fourth-order valence-corrected chi connectivity index (χ4v) is 3.23. The molecule has 128 valence electrons. The molecule has 0 spiro atoms. The number of alkyl carbamates (subject to hydrolysis) is 1. The zero-order chi connectivity index (χ0) is 17.6. The molecular formula is C17H15ClN4O2S. The molecule has 1 N–H and O–H groups in total. The molecule has 8 heteroatoms. The predicted octanol–water partition coefficient (Wildman–Crippen LogP) is 3.93. The van der Waals surface area contributed by atoms with Crippen LogP contribution < -0.4 is 5.32 Å². The number of ether oxygens (including phenoxy) is 1. The molecule has 0 aliphatic carbocycles. The molecular weight excluding hydrogens is 360 g/mol. The van der Waals surface area contributed by atoms with Gasteiger partial charge >= 0.3 is 6.09 Å². The first-order chi connectivity index (χ1) is 12.2. The maximum absolute atomic E-state index is 11.3. The van der Waals surface area contributed by atoms with E-state index in [0.717, 1.165) is 15.6 Å². The zero-order valence-corrected chi connectivity index (χ0v) is 14.9. The molecule has 0 bridgehead atoms. The van der Waals surface area contributed by atoms with Crippen LogP contribution in [-0.2, 0) is 11.3 Å². The van der Waals surface area contributed by atoms with Crippen LogP contribution in [0.3, 0.4) is 0 Å². The summed E-state index contributed by atoms with van der Waals surface area (Å²) < 4.78 is 6.82. The minimum absolute atomic E-state index is 0.0672. The number of hydrogen-bond donors (Lipinski definition) is 1. The van der Waals surface area contributed by atoms with Crippen LogP contribution in [0.1, 0.15) is 5.69 Å². The maximum atomic E-state index is 11.3. The van der Waals surface area contributed by atoms with Gasteiger partial charge in [-0.3, -0.25) is 4.98 Å². The largest absolute Gasteiger partial charge is 0.443 e. The van der Waals surface area contributed by atoms with E-state index in [-0.39, 0.29) is 6.61 Å². The molecule has 1 aromatic carbocycles. The zero-order valence-electron chi connectivity index (χ0n) is 13.3. The van der Waals surface area contributed by atoms with Crippen molar-refractivity contribution in [1.29, 1.82) is 0 Å². The highest BCUT2D eigenvalue weighted by atomic mass is 35.5. The van der Waals surface area contributed by atoms with Crippen LogP contribution in [0, 0.1) is 0 Å². The first-order valence-electron chi connectivity index (χ1n) is 7.43. The first kappa shape index (κ1) is 17.3. The Kier molecular flexibility index (Phi) is 5.57. The van der Waals surface area contributed by atoms with Crippen molar-refractivity contribution < 1.29 is 9.53 Å². The number of rotatable bonds is 5. The average molecular weight is 375 g/mol. The standard InChI is InChI=1S/C17H15ClN4O2S/c1-19-17(23)24-11-12-9-16(25-13-5-4-8-20-10-13)22(21-12)15-7-3-2-6-14(15)18/h2-10H,11H2,1H3,(H,19,23). The minimum atomic E-state index is -0.506. The Morgan fingerprint density at radius 3 is 2.88 bits per heavy atom. The van der Waals surface area contributed by atoms with Gasteiger partial charge in [-0.2, -0.15) is 5.10 Å². The Morgan fingerprint density at radius 1 is 1.32 bits per heavy atom. The summed E-state index contributed by atoms with van der Waals surface area (Å²) in [5.74, 6) is 0. The summed E-state index contributed by atoms with van der Waals surface area (Å²) in [4.78, 5) is 16.4. The summed E-state index contributed by atoms with van der Waals surface area (Å²) in [5, 5.41) is 8.36. The van der Waals surface area contributed by atoms with Gasteiger partial charge in [-0.05, 0) is 30.3 Å². The number of hydrogen-bond acceptors (Lipinski definition) is 5. The van der Waals surface area contributed by atoms with Crippen molar-refractivity contribution >= 4 is 29.5 Å². The van der Waals surface area contributed by atoms with Crippen molar-refractivity contribution in [1.82, 2.24) is 20.1 Å². The smallest absolute Gasteiger partial charge is 0.407 e. The van der Waals surface area contributed by atoms with Crippen LogP contribution in [-0.4, -0.2) is 27.9 Å². The lowest BCUT2D eigenvalue weighted by molar-refractivity contribution is 0.140. The third-order valence-electron chi connectivity index (χ3n) is 3.22. The minimum Gasteiger partial charge on any atom is -0.443 e. The van der Waals surface area contributed by atoms with Crippen LogP contribution in [0.2, 0.25) is 5.02 Å². The topological polar surface area (TPSA) is 69.0 Å². The van der Waals surface area contributed by atoms with E-state index >= 15 is 0 Å². The summed E-state index contributed by atoms with van der Waals surface area (Å²) in [6.07, 6.45) is 2.99. The van der Waals surface area contributed by atoms with E-state index in [1.54, 1.807) is 23.1 Å². The molecule has 0 saturated heterocycles. The van der Waals surface area contributed by atoms with E-state index in [2.05, 4.69) is 15.4 Å². The van der Waals surface area contributed by atoms with Crippen molar-refractivity contribution in [2.45, 2.75) is 16.5 Å². The second kappa shape index (κ2) is 8.04. The van der Waals surface area contributed by atoms with Crippen molar-refractivity contribution in [2.75, 3.05) is 7.05 Å². The second-order valence-electron chi connectivity index (χ2n) is 4.95.